The minimum absolute atomic E-state index is 0.517. The summed E-state index contributed by atoms with van der Waals surface area (Å²) in [5.74, 6) is 4.02. The normalized spacial score (nSPS) is 38.3. The van der Waals surface area contributed by atoms with Crippen molar-refractivity contribution < 1.29 is 0 Å². The van der Waals surface area contributed by atoms with Crippen LogP contribution in [0.15, 0.2) is 0 Å². The minimum atomic E-state index is 0.517. The molecule has 0 bridgehead atoms. The van der Waals surface area contributed by atoms with Gasteiger partial charge in [-0.15, -0.1) is 0 Å². The molecule has 2 aliphatic carbocycles. The highest BCUT2D eigenvalue weighted by Gasteiger charge is 2.44. The van der Waals surface area contributed by atoms with Gasteiger partial charge in [-0.1, -0.05) is 54.4 Å². The van der Waals surface area contributed by atoms with Crippen molar-refractivity contribution in [3.8, 4) is 0 Å². The average molecular weight is 250 g/mol. The maximum absolute atomic E-state index is 2.47. The highest BCUT2D eigenvalue weighted by atomic mass is 14.5. The van der Waals surface area contributed by atoms with Crippen molar-refractivity contribution in [3.63, 3.8) is 0 Å². The molecule has 2 fully saturated rings. The highest BCUT2D eigenvalue weighted by Crippen LogP contribution is 2.53. The largest absolute Gasteiger partial charge is 0.0599 e. The van der Waals surface area contributed by atoms with Crippen LogP contribution < -0.4 is 0 Å². The molecule has 0 amide bonds. The summed E-state index contributed by atoms with van der Waals surface area (Å²) in [6.45, 7) is 14.8. The van der Waals surface area contributed by atoms with Crippen LogP contribution >= 0.6 is 0 Å². The summed E-state index contributed by atoms with van der Waals surface area (Å²) >= 11 is 0. The zero-order valence-corrected chi connectivity index (χ0v) is 13.6. The molecule has 0 heterocycles. The Kier molecular flexibility index (Phi) is 3.87. The molecule has 4 unspecified atom stereocenters. The van der Waals surface area contributed by atoms with Crippen LogP contribution in [0.5, 0.6) is 0 Å². The first-order valence-electron chi connectivity index (χ1n) is 8.19. The third kappa shape index (κ3) is 2.94. The molecule has 0 aromatic carbocycles. The van der Waals surface area contributed by atoms with E-state index in [0.717, 1.165) is 23.7 Å². The molecular formula is C18H34. The summed E-state index contributed by atoms with van der Waals surface area (Å²) in [7, 11) is 0. The second-order valence-corrected chi connectivity index (χ2v) is 9.20. The van der Waals surface area contributed by atoms with Gasteiger partial charge in [0.05, 0.1) is 0 Å². The Morgan fingerprint density at radius 1 is 0.722 bits per heavy atom. The van der Waals surface area contributed by atoms with Crippen LogP contribution in [0.1, 0.15) is 80.1 Å². The Labute approximate surface area is 115 Å². The van der Waals surface area contributed by atoms with Gasteiger partial charge in [0.2, 0.25) is 0 Å². The fraction of sp³-hybridized carbons (Fsp3) is 1.00. The third-order valence-electron chi connectivity index (χ3n) is 5.99. The minimum Gasteiger partial charge on any atom is -0.0599 e. The molecule has 2 rings (SSSR count). The molecule has 0 aliphatic heterocycles. The van der Waals surface area contributed by atoms with Crippen molar-refractivity contribution in [3.05, 3.63) is 0 Å². The van der Waals surface area contributed by atoms with Crippen molar-refractivity contribution in [2.75, 3.05) is 0 Å². The Morgan fingerprint density at radius 2 is 1.39 bits per heavy atom. The van der Waals surface area contributed by atoms with Gasteiger partial charge in [0.15, 0.2) is 0 Å². The fourth-order valence-electron chi connectivity index (χ4n) is 4.80. The van der Waals surface area contributed by atoms with Gasteiger partial charge in [0, 0.05) is 0 Å². The molecule has 0 aromatic heterocycles. The summed E-state index contributed by atoms with van der Waals surface area (Å²) in [5, 5.41) is 0. The van der Waals surface area contributed by atoms with Crippen molar-refractivity contribution in [1.29, 1.82) is 0 Å². The Balaban J connectivity index is 2.13. The maximum atomic E-state index is 2.47. The van der Waals surface area contributed by atoms with Crippen LogP contribution in [-0.2, 0) is 0 Å². The molecule has 0 spiro atoms. The zero-order chi connectivity index (χ0) is 13.6. The van der Waals surface area contributed by atoms with E-state index in [1.807, 2.05) is 0 Å². The fourth-order valence-corrected chi connectivity index (χ4v) is 4.80. The molecule has 0 N–H and O–H groups in total. The second-order valence-electron chi connectivity index (χ2n) is 9.20. The molecule has 0 aromatic rings. The molecule has 4 atom stereocenters. The van der Waals surface area contributed by atoms with E-state index >= 15 is 0 Å². The predicted octanol–water partition coefficient (Wildman–Crippen LogP) is 5.91. The van der Waals surface area contributed by atoms with E-state index < -0.39 is 0 Å². The molecular weight excluding hydrogens is 216 g/mol. The number of hydrogen-bond donors (Lipinski definition) is 0. The van der Waals surface area contributed by atoms with Gasteiger partial charge in [-0.3, -0.25) is 0 Å². The predicted molar refractivity (Wildman–Crippen MR) is 80.6 cm³/mol. The number of fused-ring (bicyclic) bond motifs is 1. The lowest BCUT2D eigenvalue weighted by atomic mass is 9.54. The van der Waals surface area contributed by atoms with Crippen molar-refractivity contribution in [1.82, 2.24) is 0 Å². The lowest BCUT2D eigenvalue weighted by Gasteiger charge is -2.51. The smallest absolute Gasteiger partial charge is 0.0334 e. The quantitative estimate of drug-likeness (QED) is 0.501. The van der Waals surface area contributed by atoms with Crippen LogP contribution in [0.4, 0.5) is 0 Å². The molecule has 18 heavy (non-hydrogen) atoms. The van der Waals surface area contributed by atoms with E-state index in [2.05, 4.69) is 41.5 Å². The van der Waals surface area contributed by atoms with E-state index in [1.54, 1.807) is 0 Å². The van der Waals surface area contributed by atoms with Crippen LogP contribution in [0.3, 0.4) is 0 Å². The monoisotopic (exact) mass is 250 g/mol. The molecule has 0 radical (unpaired) electrons. The van der Waals surface area contributed by atoms with Crippen molar-refractivity contribution in [2.24, 2.45) is 34.5 Å². The Hall–Kier alpha value is 0. The molecule has 2 saturated carbocycles. The van der Waals surface area contributed by atoms with Crippen LogP contribution in [0, 0.1) is 34.5 Å². The average Bonchev–Trinajstić information content (AvgIpc) is 2.25. The SMILES string of the molecule is CC(C)(C)C1CCC2CCCC(C(C)(C)C)C2C1. The summed E-state index contributed by atoms with van der Waals surface area (Å²) in [6, 6.07) is 0. The Bertz CT molecular complexity index is 275. The first kappa shape index (κ1) is 14.4. The van der Waals surface area contributed by atoms with Crippen molar-refractivity contribution in [2.45, 2.75) is 80.1 Å². The van der Waals surface area contributed by atoms with Gasteiger partial charge in [0.25, 0.3) is 0 Å². The van der Waals surface area contributed by atoms with E-state index in [0.29, 0.717) is 10.8 Å². The van der Waals surface area contributed by atoms with Crippen molar-refractivity contribution >= 4 is 0 Å². The van der Waals surface area contributed by atoms with Gasteiger partial charge in [0.1, 0.15) is 0 Å². The summed E-state index contributed by atoms with van der Waals surface area (Å²) in [4.78, 5) is 0. The summed E-state index contributed by atoms with van der Waals surface area (Å²) < 4.78 is 0. The van der Waals surface area contributed by atoms with E-state index in [1.165, 1.54) is 38.5 Å². The molecule has 0 saturated heterocycles. The van der Waals surface area contributed by atoms with Gasteiger partial charge >= 0.3 is 0 Å². The van der Waals surface area contributed by atoms with E-state index in [-0.39, 0.29) is 0 Å². The second kappa shape index (κ2) is 4.84. The standard InChI is InChI=1S/C18H34/c1-17(2,3)14-11-10-13-8-7-9-16(15(13)12-14)18(4,5)6/h13-16H,7-12H2,1-6H3. The number of rotatable bonds is 0. The molecule has 106 valence electrons. The number of hydrogen-bond acceptors (Lipinski definition) is 0. The van der Waals surface area contributed by atoms with Crippen LogP contribution in [0.25, 0.3) is 0 Å². The summed E-state index contributed by atoms with van der Waals surface area (Å²) in [6.07, 6.45) is 9.01. The van der Waals surface area contributed by atoms with Gasteiger partial charge in [-0.25, -0.2) is 0 Å². The Morgan fingerprint density at radius 3 is 1.94 bits per heavy atom. The lowest BCUT2D eigenvalue weighted by molar-refractivity contribution is -0.00835. The molecule has 2 aliphatic rings. The first-order valence-corrected chi connectivity index (χ1v) is 8.19. The van der Waals surface area contributed by atoms with E-state index in [9.17, 15) is 0 Å². The summed E-state index contributed by atoms with van der Waals surface area (Å²) in [5.41, 5.74) is 1.04. The highest BCUT2D eigenvalue weighted by molar-refractivity contribution is 4.94. The lowest BCUT2D eigenvalue weighted by Crippen LogP contribution is -2.42. The van der Waals surface area contributed by atoms with Crippen LogP contribution in [-0.4, -0.2) is 0 Å². The van der Waals surface area contributed by atoms with Gasteiger partial charge < -0.3 is 0 Å². The van der Waals surface area contributed by atoms with Gasteiger partial charge in [-0.2, -0.15) is 0 Å². The molecule has 0 nitrogen and oxygen atoms in total. The topological polar surface area (TPSA) is 0 Å². The molecule has 0 heteroatoms. The maximum Gasteiger partial charge on any atom is -0.0334 e. The van der Waals surface area contributed by atoms with Gasteiger partial charge in [-0.05, 0) is 60.2 Å². The van der Waals surface area contributed by atoms with Crippen LogP contribution in [0.2, 0.25) is 0 Å². The first-order chi connectivity index (χ1) is 8.19. The third-order valence-corrected chi connectivity index (χ3v) is 5.99. The van der Waals surface area contributed by atoms with E-state index in [4.69, 9.17) is 0 Å². The zero-order valence-electron chi connectivity index (χ0n) is 13.6.